The smallest absolute Gasteiger partial charge is 0.343 e. The summed E-state index contributed by atoms with van der Waals surface area (Å²) in [4.78, 5) is 45.1. The number of cyclic esters (lactones) is 1. The first kappa shape index (κ1) is 26.0. The number of fused-ring (bicyclic) bond motifs is 7. The molecule has 9 nitrogen and oxygen atoms in total. The zero-order valence-corrected chi connectivity index (χ0v) is 23.7. The number of halogens is 1. The number of aliphatic hydroxyl groups is 1. The Labute approximate surface area is 241 Å². The van der Waals surface area contributed by atoms with Gasteiger partial charge in [0.15, 0.2) is 5.60 Å². The van der Waals surface area contributed by atoms with Crippen LogP contribution in [-0.2, 0) is 39.5 Å². The SMILES string of the molecule is CC[C@@]1(O)C(=O)OCc2c1cc1n(c2=O)Cc2c-1nc1cc(F)c(C)c3c1c2C(NC(=O)C12CC[C@H](N)C(C1)C2)CC3. The Morgan fingerprint density at radius 2 is 2.02 bits per heavy atom. The molecule has 3 aromatic rings. The summed E-state index contributed by atoms with van der Waals surface area (Å²) >= 11 is 0. The molecular weight excluding hydrogens is 539 g/mol. The number of benzene rings is 1. The number of rotatable bonds is 3. The van der Waals surface area contributed by atoms with Crippen LogP contribution in [0, 0.1) is 24.1 Å². The molecule has 218 valence electrons. The predicted molar refractivity (Wildman–Crippen MR) is 151 cm³/mol. The lowest BCUT2D eigenvalue weighted by molar-refractivity contribution is -0.172. The summed E-state index contributed by atoms with van der Waals surface area (Å²) in [5.74, 6) is -0.694. The van der Waals surface area contributed by atoms with E-state index in [2.05, 4.69) is 5.32 Å². The Bertz CT molecular complexity index is 1820. The normalized spacial score (nSPS) is 30.2. The molecule has 0 radical (unpaired) electrons. The van der Waals surface area contributed by atoms with E-state index in [1.807, 2.05) is 0 Å². The lowest BCUT2D eigenvalue weighted by Gasteiger charge is -2.54. The number of hydrogen-bond acceptors (Lipinski definition) is 7. The molecule has 1 unspecified atom stereocenters. The minimum atomic E-state index is -1.94. The minimum absolute atomic E-state index is 0.0421. The maximum Gasteiger partial charge on any atom is 0.343 e. The molecule has 6 aliphatic rings. The Balaban J connectivity index is 1.30. The summed E-state index contributed by atoms with van der Waals surface area (Å²) in [5.41, 5.74) is 8.63. The number of pyridine rings is 2. The summed E-state index contributed by atoms with van der Waals surface area (Å²) in [6, 6.07) is 2.93. The summed E-state index contributed by atoms with van der Waals surface area (Å²) in [5, 5.41) is 15.5. The second-order valence-corrected chi connectivity index (χ2v) is 13.0. The van der Waals surface area contributed by atoms with Gasteiger partial charge < -0.3 is 25.5 Å². The highest BCUT2D eigenvalue weighted by Gasteiger charge is 2.55. The molecule has 3 atom stereocenters. The number of carbonyl (C=O) groups is 2. The largest absolute Gasteiger partial charge is 0.458 e. The molecule has 3 fully saturated rings. The van der Waals surface area contributed by atoms with Crippen LogP contribution < -0.4 is 16.6 Å². The maximum atomic E-state index is 15.2. The van der Waals surface area contributed by atoms with Crippen LogP contribution >= 0.6 is 0 Å². The fraction of sp³-hybridized carbons (Fsp3) is 0.500. The van der Waals surface area contributed by atoms with Crippen LogP contribution in [-0.4, -0.2) is 32.6 Å². The third-order valence-electron chi connectivity index (χ3n) is 11.0. The van der Waals surface area contributed by atoms with Crippen LogP contribution in [0.1, 0.15) is 84.9 Å². The fourth-order valence-electron chi connectivity index (χ4n) is 8.44. The van der Waals surface area contributed by atoms with Crippen LogP contribution in [0.5, 0.6) is 0 Å². The van der Waals surface area contributed by atoms with Crippen molar-refractivity contribution in [3.8, 4) is 11.4 Å². The van der Waals surface area contributed by atoms with Gasteiger partial charge in [-0.2, -0.15) is 0 Å². The summed E-state index contributed by atoms with van der Waals surface area (Å²) in [6.45, 7) is 3.44. The third kappa shape index (κ3) is 3.19. The first-order valence-electron chi connectivity index (χ1n) is 14.9. The lowest BCUT2D eigenvalue weighted by atomic mass is 9.52. The van der Waals surface area contributed by atoms with Crippen molar-refractivity contribution in [1.82, 2.24) is 14.9 Å². The molecule has 2 bridgehead atoms. The Kier molecular flexibility index (Phi) is 5.25. The number of ether oxygens (including phenoxy) is 1. The molecule has 0 spiro atoms. The molecule has 4 aliphatic carbocycles. The van der Waals surface area contributed by atoms with Gasteiger partial charge in [-0.05, 0) is 80.5 Å². The number of nitrogens with zero attached hydrogens (tertiary/aromatic N) is 2. The zero-order valence-electron chi connectivity index (χ0n) is 23.7. The molecule has 9 rings (SSSR count). The predicted octanol–water partition coefficient (Wildman–Crippen LogP) is 3.15. The monoisotopic (exact) mass is 572 g/mol. The van der Waals surface area contributed by atoms with Gasteiger partial charge in [-0.1, -0.05) is 6.92 Å². The van der Waals surface area contributed by atoms with Gasteiger partial charge in [0.25, 0.3) is 5.56 Å². The molecule has 2 aliphatic heterocycles. The van der Waals surface area contributed by atoms with Crippen LogP contribution in [0.3, 0.4) is 0 Å². The van der Waals surface area contributed by atoms with E-state index in [1.54, 1.807) is 24.5 Å². The summed E-state index contributed by atoms with van der Waals surface area (Å²) in [6.07, 6.45) is 4.49. The van der Waals surface area contributed by atoms with Crippen molar-refractivity contribution in [2.75, 3.05) is 0 Å². The second-order valence-electron chi connectivity index (χ2n) is 13.0. The summed E-state index contributed by atoms with van der Waals surface area (Å²) in [7, 11) is 0. The topological polar surface area (TPSA) is 137 Å². The van der Waals surface area contributed by atoms with E-state index in [1.165, 1.54) is 6.07 Å². The van der Waals surface area contributed by atoms with E-state index in [4.69, 9.17) is 15.5 Å². The number of hydrogen-bond donors (Lipinski definition) is 3. The van der Waals surface area contributed by atoms with Gasteiger partial charge in [0.2, 0.25) is 5.91 Å². The maximum absolute atomic E-state index is 15.2. The molecule has 1 amide bonds. The number of carbonyl (C=O) groups excluding carboxylic acids is 2. The van der Waals surface area contributed by atoms with E-state index >= 15 is 4.39 Å². The molecule has 2 aromatic heterocycles. The number of nitrogens with one attached hydrogen (secondary N) is 1. The van der Waals surface area contributed by atoms with Gasteiger partial charge in [-0.25, -0.2) is 14.2 Å². The van der Waals surface area contributed by atoms with Gasteiger partial charge in [0.1, 0.15) is 12.4 Å². The standard InChI is InChI=1S/C32H33FN4O5/c1-3-32(41)19-8-24-27-17(12-37(24)28(38)18(19)13-42-30(32)40)26-22(36-29(39)31-7-6-21(34)15(10-31)11-31)5-4-16-14(2)20(33)9-23(35-27)25(16)26/h8-9,15,21-22,41H,3-7,10-13,34H2,1-2H3,(H,36,39)/t15?,21-,22?,31?,32-/m0/s1. The molecule has 10 heteroatoms. The number of aromatic nitrogens is 2. The van der Waals surface area contributed by atoms with Crippen molar-refractivity contribution in [3.05, 3.63) is 61.7 Å². The van der Waals surface area contributed by atoms with Gasteiger partial charge in [-0.15, -0.1) is 0 Å². The average Bonchev–Trinajstić information content (AvgIpc) is 3.32. The van der Waals surface area contributed by atoms with Crippen LogP contribution in [0.2, 0.25) is 0 Å². The van der Waals surface area contributed by atoms with Crippen molar-refractivity contribution in [1.29, 1.82) is 0 Å². The van der Waals surface area contributed by atoms with Crippen LogP contribution in [0.25, 0.3) is 22.3 Å². The molecule has 3 saturated carbocycles. The Morgan fingerprint density at radius 3 is 2.74 bits per heavy atom. The molecule has 4 N–H and O–H groups in total. The fourth-order valence-corrected chi connectivity index (χ4v) is 8.44. The highest BCUT2D eigenvalue weighted by molar-refractivity contribution is 5.94. The van der Waals surface area contributed by atoms with E-state index < -0.39 is 11.6 Å². The first-order valence-corrected chi connectivity index (χ1v) is 14.9. The van der Waals surface area contributed by atoms with Crippen molar-refractivity contribution in [2.24, 2.45) is 17.1 Å². The summed E-state index contributed by atoms with van der Waals surface area (Å²) < 4.78 is 22.0. The molecular formula is C32H33FN4O5. The van der Waals surface area contributed by atoms with Gasteiger partial charge in [-0.3, -0.25) is 9.59 Å². The van der Waals surface area contributed by atoms with E-state index in [0.717, 1.165) is 47.8 Å². The second kappa shape index (κ2) is 8.48. The first-order chi connectivity index (χ1) is 20.1. The average molecular weight is 573 g/mol. The van der Waals surface area contributed by atoms with E-state index in [-0.39, 0.29) is 65.5 Å². The molecule has 4 heterocycles. The lowest BCUT2D eigenvalue weighted by Crippen LogP contribution is -2.58. The van der Waals surface area contributed by atoms with Crippen molar-refractivity contribution < 1.29 is 23.8 Å². The number of amides is 1. The molecule has 1 aromatic carbocycles. The third-order valence-corrected chi connectivity index (χ3v) is 11.0. The zero-order chi connectivity index (χ0) is 29.3. The molecule has 0 saturated heterocycles. The van der Waals surface area contributed by atoms with Crippen LogP contribution in [0.4, 0.5) is 4.39 Å². The number of nitrogens with two attached hydrogens (primary N) is 1. The molecule has 42 heavy (non-hydrogen) atoms. The minimum Gasteiger partial charge on any atom is -0.458 e. The van der Waals surface area contributed by atoms with Gasteiger partial charge in [0, 0.05) is 34.0 Å². The highest BCUT2D eigenvalue weighted by atomic mass is 19.1. The highest BCUT2D eigenvalue weighted by Crippen LogP contribution is 2.56. The van der Waals surface area contributed by atoms with Crippen molar-refractivity contribution >= 4 is 22.8 Å². The van der Waals surface area contributed by atoms with Gasteiger partial charge >= 0.3 is 5.97 Å². The van der Waals surface area contributed by atoms with Crippen LogP contribution in [0.15, 0.2) is 16.9 Å². The number of aryl methyl sites for hydroxylation is 1. The van der Waals surface area contributed by atoms with Gasteiger partial charge in [0.05, 0.1) is 35.1 Å². The quantitative estimate of drug-likeness (QED) is 0.321. The van der Waals surface area contributed by atoms with Crippen molar-refractivity contribution in [3.63, 3.8) is 0 Å². The van der Waals surface area contributed by atoms with E-state index in [9.17, 15) is 19.5 Å². The Hall–Kier alpha value is -3.63. The Morgan fingerprint density at radius 1 is 1.24 bits per heavy atom. The van der Waals surface area contributed by atoms with Crippen molar-refractivity contribution in [2.45, 2.75) is 89.6 Å². The van der Waals surface area contributed by atoms with E-state index in [0.29, 0.717) is 41.2 Å². The number of esters is 1.